The standard InChI is InChI=1S/C13H14N2O4S/c1-6-4-9(5-19-6)11(16)14-8(3)12-15-7(2)10(20-12)13(17)18/h4-5,8H,1-3H3,(H,14,16)(H,17,18). The molecule has 0 radical (unpaired) electrons. The van der Waals surface area contributed by atoms with Gasteiger partial charge in [-0.05, 0) is 26.8 Å². The lowest BCUT2D eigenvalue weighted by Gasteiger charge is -2.09. The molecular formula is C13H14N2O4S. The van der Waals surface area contributed by atoms with Gasteiger partial charge in [0.15, 0.2) is 0 Å². The third-order valence-electron chi connectivity index (χ3n) is 2.72. The smallest absolute Gasteiger partial charge is 0.347 e. The molecule has 6 nitrogen and oxygen atoms in total. The summed E-state index contributed by atoms with van der Waals surface area (Å²) < 4.78 is 5.08. The van der Waals surface area contributed by atoms with Gasteiger partial charge in [-0.25, -0.2) is 9.78 Å². The Balaban J connectivity index is 2.12. The second-order valence-corrected chi connectivity index (χ2v) is 5.44. The van der Waals surface area contributed by atoms with Crippen LogP contribution in [-0.2, 0) is 0 Å². The summed E-state index contributed by atoms with van der Waals surface area (Å²) in [5.74, 6) is -0.629. The van der Waals surface area contributed by atoms with E-state index in [0.29, 0.717) is 22.0 Å². The van der Waals surface area contributed by atoms with Crippen molar-refractivity contribution in [1.82, 2.24) is 10.3 Å². The molecule has 2 N–H and O–H groups in total. The van der Waals surface area contributed by atoms with E-state index in [1.165, 1.54) is 6.26 Å². The summed E-state index contributed by atoms with van der Waals surface area (Å²) in [6.07, 6.45) is 1.38. The van der Waals surface area contributed by atoms with Crippen LogP contribution in [0.4, 0.5) is 0 Å². The average Bonchev–Trinajstić information content (AvgIpc) is 2.95. The van der Waals surface area contributed by atoms with Crippen molar-refractivity contribution in [2.24, 2.45) is 0 Å². The van der Waals surface area contributed by atoms with Crippen molar-refractivity contribution in [2.75, 3.05) is 0 Å². The molecule has 0 spiro atoms. The Morgan fingerprint density at radius 3 is 2.65 bits per heavy atom. The van der Waals surface area contributed by atoms with Crippen LogP contribution in [0.15, 0.2) is 16.7 Å². The first-order valence-electron chi connectivity index (χ1n) is 5.95. The molecule has 2 heterocycles. The summed E-state index contributed by atoms with van der Waals surface area (Å²) in [6.45, 7) is 5.15. The molecule has 1 amide bonds. The quantitative estimate of drug-likeness (QED) is 0.904. The lowest BCUT2D eigenvalue weighted by molar-refractivity contribution is 0.0701. The minimum atomic E-state index is -1.00. The second kappa shape index (κ2) is 5.46. The van der Waals surface area contributed by atoms with Crippen molar-refractivity contribution < 1.29 is 19.1 Å². The first kappa shape index (κ1) is 14.3. The molecule has 2 aromatic heterocycles. The molecular weight excluding hydrogens is 280 g/mol. The van der Waals surface area contributed by atoms with Gasteiger partial charge in [-0.3, -0.25) is 4.79 Å². The molecule has 0 aliphatic rings. The Morgan fingerprint density at radius 2 is 2.15 bits per heavy atom. The zero-order chi connectivity index (χ0) is 14.9. The van der Waals surface area contributed by atoms with Crippen LogP contribution in [-0.4, -0.2) is 22.0 Å². The van der Waals surface area contributed by atoms with E-state index in [2.05, 4.69) is 10.3 Å². The number of rotatable bonds is 4. The minimum Gasteiger partial charge on any atom is -0.477 e. The summed E-state index contributed by atoms with van der Waals surface area (Å²) in [4.78, 5) is 27.3. The van der Waals surface area contributed by atoms with Gasteiger partial charge in [-0.15, -0.1) is 11.3 Å². The predicted octanol–water partition coefficient (Wildman–Crippen LogP) is 2.54. The number of amides is 1. The average molecular weight is 294 g/mol. The number of furan rings is 1. The lowest BCUT2D eigenvalue weighted by atomic mass is 10.2. The Morgan fingerprint density at radius 1 is 1.45 bits per heavy atom. The zero-order valence-corrected chi connectivity index (χ0v) is 12.1. The van der Waals surface area contributed by atoms with Crippen molar-refractivity contribution in [2.45, 2.75) is 26.8 Å². The molecule has 0 saturated heterocycles. The highest BCUT2D eigenvalue weighted by Gasteiger charge is 2.20. The molecule has 1 atom stereocenters. The van der Waals surface area contributed by atoms with Crippen molar-refractivity contribution in [3.05, 3.63) is 39.2 Å². The summed E-state index contributed by atoms with van der Waals surface area (Å²) in [7, 11) is 0. The van der Waals surface area contributed by atoms with E-state index in [4.69, 9.17) is 9.52 Å². The Labute approximate surface area is 119 Å². The highest BCUT2D eigenvalue weighted by molar-refractivity contribution is 7.13. The van der Waals surface area contributed by atoms with Gasteiger partial charge in [0.2, 0.25) is 0 Å². The molecule has 0 bridgehead atoms. The Kier molecular flexibility index (Phi) is 3.89. The fraction of sp³-hybridized carbons (Fsp3) is 0.308. The number of carboxylic acids is 1. The molecule has 0 aromatic carbocycles. The summed E-state index contributed by atoms with van der Waals surface area (Å²) in [5.41, 5.74) is 0.888. The third kappa shape index (κ3) is 2.88. The van der Waals surface area contributed by atoms with Crippen LogP contribution < -0.4 is 5.32 Å². The van der Waals surface area contributed by atoms with Crippen LogP contribution in [0.5, 0.6) is 0 Å². The van der Waals surface area contributed by atoms with Crippen LogP contribution in [0.3, 0.4) is 0 Å². The largest absolute Gasteiger partial charge is 0.477 e. The van der Waals surface area contributed by atoms with E-state index in [0.717, 1.165) is 11.3 Å². The van der Waals surface area contributed by atoms with E-state index in [9.17, 15) is 9.59 Å². The molecule has 2 aromatic rings. The second-order valence-electron chi connectivity index (χ2n) is 4.41. The number of aromatic nitrogens is 1. The van der Waals surface area contributed by atoms with Crippen LogP contribution in [0.1, 0.15) is 49.5 Å². The number of carbonyl (C=O) groups excluding carboxylic acids is 1. The van der Waals surface area contributed by atoms with Crippen LogP contribution in [0.2, 0.25) is 0 Å². The van der Waals surface area contributed by atoms with Gasteiger partial charge in [0.25, 0.3) is 5.91 Å². The fourth-order valence-electron chi connectivity index (χ4n) is 1.71. The fourth-order valence-corrected chi connectivity index (χ4v) is 2.61. The van der Waals surface area contributed by atoms with E-state index in [1.54, 1.807) is 26.8 Å². The number of nitrogens with zero attached hydrogens (tertiary/aromatic N) is 1. The summed E-state index contributed by atoms with van der Waals surface area (Å²) in [6, 6.07) is 1.27. The molecule has 0 aliphatic heterocycles. The van der Waals surface area contributed by atoms with Gasteiger partial charge in [-0.1, -0.05) is 0 Å². The van der Waals surface area contributed by atoms with Gasteiger partial charge in [0.1, 0.15) is 21.9 Å². The number of aryl methyl sites for hydroxylation is 2. The normalized spacial score (nSPS) is 12.2. The van der Waals surface area contributed by atoms with Gasteiger partial charge in [0.05, 0.1) is 17.3 Å². The molecule has 0 aliphatic carbocycles. The van der Waals surface area contributed by atoms with E-state index >= 15 is 0 Å². The highest BCUT2D eigenvalue weighted by atomic mass is 32.1. The minimum absolute atomic E-state index is 0.195. The van der Waals surface area contributed by atoms with E-state index in [1.807, 2.05) is 0 Å². The highest BCUT2D eigenvalue weighted by Crippen LogP contribution is 2.23. The maximum absolute atomic E-state index is 12.0. The predicted molar refractivity (Wildman–Crippen MR) is 73.1 cm³/mol. The molecule has 20 heavy (non-hydrogen) atoms. The number of carboxylic acid groups (broad SMARTS) is 1. The number of nitrogens with one attached hydrogen (secondary N) is 1. The van der Waals surface area contributed by atoms with E-state index in [-0.39, 0.29) is 16.8 Å². The van der Waals surface area contributed by atoms with Crippen LogP contribution in [0, 0.1) is 13.8 Å². The SMILES string of the molecule is Cc1cc(C(=O)NC(C)c2nc(C)c(C(=O)O)s2)co1. The van der Waals surface area contributed by atoms with Crippen molar-refractivity contribution in [3.8, 4) is 0 Å². The number of thiazole rings is 1. The van der Waals surface area contributed by atoms with Gasteiger partial charge in [-0.2, -0.15) is 0 Å². The number of hydrogen-bond donors (Lipinski definition) is 2. The van der Waals surface area contributed by atoms with Crippen molar-refractivity contribution >= 4 is 23.2 Å². The molecule has 2 rings (SSSR count). The van der Waals surface area contributed by atoms with Gasteiger partial charge >= 0.3 is 5.97 Å². The Bertz CT molecular complexity index is 659. The zero-order valence-electron chi connectivity index (χ0n) is 11.3. The van der Waals surface area contributed by atoms with Crippen LogP contribution in [0.25, 0.3) is 0 Å². The first-order valence-corrected chi connectivity index (χ1v) is 6.76. The molecule has 0 fully saturated rings. The van der Waals surface area contributed by atoms with Gasteiger partial charge < -0.3 is 14.8 Å². The van der Waals surface area contributed by atoms with Crippen molar-refractivity contribution in [1.29, 1.82) is 0 Å². The molecule has 1 unspecified atom stereocenters. The first-order chi connectivity index (χ1) is 9.38. The third-order valence-corrected chi connectivity index (χ3v) is 4.05. The van der Waals surface area contributed by atoms with Gasteiger partial charge in [0, 0.05) is 0 Å². The summed E-state index contributed by atoms with van der Waals surface area (Å²) in [5, 5.41) is 12.3. The maximum Gasteiger partial charge on any atom is 0.347 e. The summed E-state index contributed by atoms with van der Waals surface area (Å²) >= 11 is 1.07. The molecule has 0 saturated carbocycles. The number of aromatic carboxylic acids is 1. The lowest BCUT2D eigenvalue weighted by Crippen LogP contribution is -2.26. The van der Waals surface area contributed by atoms with E-state index < -0.39 is 5.97 Å². The number of hydrogen-bond acceptors (Lipinski definition) is 5. The molecule has 7 heteroatoms. The van der Waals surface area contributed by atoms with Crippen LogP contribution >= 0.6 is 11.3 Å². The monoisotopic (exact) mass is 294 g/mol. The topological polar surface area (TPSA) is 92.4 Å². The van der Waals surface area contributed by atoms with Crippen molar-refractivity contribution in [3.63, 3.8) is 0 Å². The maximum atomic E-state index is 12.0. The number of carbonyl (C=O) groups is 2. The molecule has 106 valence electrons. The Hall–Kier alpha value is -2.15.